The van der Waals surface area contributed by atoms with Gasteiger partial charge in [0.25, 0.3) is 0 Å². The molecule has 0 heterocycles. The molecule has 1 N–H and O–H groups in total. The minimum atomic E-state index is -0.764. The van der Waals surface area contributed by atoms with Crippen molar-refractivity contribution in [3.63, 3.8) is 0 Å². The molecule has 0 amide bonds. The smallest absolute Gasteiger partial charge is 0.306 e. The van der Waals surface area contributed by atoms with Crippen LogP contribution in [0.25, 0.3) is 0 Å². The van der Waals surface area contributed by atoms with Crippen LogP contribution in [0.1, 0.15) is 180 Å². The summed E-state index contributed by atoms with van der Waals surface area (Å²) in [4.78, 5) is 24.2. The van der Waals surface area contributed by atoms with Gasteiger partial charge < -0.3 is 14.6 Å². The summed E-state index contributed by atoms with van der Waals surface area (Å²) in [6.07, 6.45) is 32.6. The fourth-order valence-electron chi connectivity index (χ4n) is 5.24. The monoisotopic (exact) mass is 724 g/mol. The zero-order chi connectivity index (χ0) is 30.8. The summed E-state index contributed by atoms with van der Waals surface area (Å²) < 4.78 is 10.6. The van der Waals surface area contributed by atoms with Crippen LogP contribution in [0.3, 0.4) is 0 Å². The summed E-state index contributed by atoms with van der Waals surface area (Å²) in [6, 6.07) is 0. The Bertz CT molecular complexity index is 576. The molecule has 42 heavy (non-hydrogen) atoms. The molecule has 0 saturated carbocycles. The summed E-state index contributed by atoms with van der Waals surface area (Å²) in [5.41, 5.74) is 0. The fourth-order valence-corrected chi connectivity index (χ4v) is 6.04. The largest absolute Gasteiger partial charge is 0.462 e. The lowest BCUT2D eigenvalue weighted by atomic mass is 10.0. The zero-order valence-corrected chi connectivity index (χ0v) is 30.2. The second-order valence-corrected chi connectivity index (χ2v) is 13.6. The van der Waals surface area contributed by atoms with E-state index in [0.717, 1.165) is 49.2 Å². The number of ether oxygens (including phenoxy) is 2. The molecule has 0 aliphatic carbocycles. The minimum Gasteiger partial charge on any atom is -0.462 e. The third kappa shape index (κ3) is 32.8. The highest BCUT2D eigenvalue weighted by Gasteiger charge is 2.16. The molecular weight excluding hydrogens is 660 g/mol. The lowest BCUT2D eigenvalue weighted by Crippen LogP contribution is -2.28. The number of hydrogen-bond donors (Lipinski definition) is 1. The van der Waals surface area contributed by atoms with Crippen LogP contribution in [0.2, 0.25) is 0 Å². The van der Waals surface area contributed by atoms with Gasteiger partial charge >= 0.3 is 11.9 Å². The van der Waals surface area contributed by atoms with E-state index in [9.17, 15) is 14.7 Å². The molecule has 1 atom stereocenters. The number of carbonyl (C=O) groups excluding carboxylic acids is 2. The highest BCUT2D eigenvalue weighted by Crippen LogP contribution is 2.15. The number of unbranched alkanes of at least 4 members (excludes halogenated alkanes) is 24. The van der Waals surface area contributed by atoms with E-state index in [1.165, 1.54) is 128 Å². The van der Waals surface area contributed by atoms with E-state index >= 15 is 0 Å². The number of hydrogen-bond acceptors (Lipinski definition) is 5. The van der Waals surface area contributed by atoms with Crippen molar-refractivity contribution in [2.75, 3.05) is 23.9 Å². The number of halogens is 2. The van der Waals surface area contributed by atoms with Gasteiger partial charge in [0.15, 0.2) is 6.10 Å². The third-order valence-electron chi connectivity index (χ3n) is 7.96. The predicted octanol–water partition coefficient (Wildman–Crippen LogP) is 11.1. The minimum absolute atomic E-state index is 0.0611. The van der Waals surface area contributed by atoms with E-state index in [4.69, 9.17) is 9.47 Å². The van der Waals surface area contributed by atoms with Gasteiger partial charge in [-0.05, 0) is 25.7 Å². The van der Waals surface area contributed by atoms with Crippen molar-refractivity contribution in [2.24, 2.45) is 0 Å². The molecule has 0 saturated heterocycles. The van der Waals surface area contributed by atoms with E-state index < -0.39 is 6.10 Å². The van der Waals surface area contributed by atoms with Crippen molar-refractivity contribution < 1.29 is 24.2 Å². The lowest BCUT2D eigenvalue weighted by Gasteiger charge is -2.15. The van der Waals surface area contributed by atoms with Crippen molar-refractivity contribution in [2.45, 2.75) is 186 Å². The first-order valence-corrected chi connectivity index (χ1v) is 20.0. The Labute approximate surface area is 276 Å². The first kappa shape index (κ1) is 41.9. The number of carbonyl (C=O) groups is 2. The molecule has 0 fully saturated rings. The Morgan fingerprint density at radius 2 is 0.738 bits per heavy atom. The molecule has 0 aromatic heterocycles. The summed E-state index contributed by atoms with van der Waals surface area (Å²) in [5.74, 6) is -0.586. The zero-order valence-electron chi connectivity index (χ0n) is 27.0. The normalized spacial score (nSPS) is 12.0. The SMILES string of the molecule is O=C(CCCCCCCCCCCCCCCBr)OCC(CO)OC(=O)CCCCCCCCCCCCCCCBr. The van der Waals surface area contributed by atoms with Crippen molar-refractivity contribution in [3.8, 4) is 0 Å². The topological polar surface area (TPSA) is 72.8 Å². The standard InChI is InChI=1S/C35H66Br2O5/c36-29-25-21-17-13-9-5-1-3-7-11-15-19-23-27-34(39)41-32-33(31-38)42-35(40)28-24-20-16-12-8-4-2-6-10-14-18-22-26-30-37/h33,38H,1-32H2. The van der Waals surface area contributed by atoms with Crippen molar-refractivity contribution >= 4 is 43.8 Å². The summed E-state index contributed by atoms with van der Waals surface area (Å²) in [6.45, 7) is -0.387. The quantitative estimate of drug-likeness (QED) is 0.0406. The maximum absolute atomic E-state index is 12.1. The van der Waals surface area contributed by atoms with Gasteiger partial charge in [0.1, 0.15) is 6.61 Å². The first-order chi connectivity index (χ1) is 20.6. The maximum atomic E-state index is 12.1. The molecule has 1 unspecified atom stereocenters. The van der Waals surface area contributed by atoms with Gasteiger partial charge in [-0.3, -0.25) is 9.59 Å². The summed E-state index contributed by atoms with van der Waals surface area (Å²) in [5, 5.41) is 11.8. The van der Waals surface area contributed by atoms with Crippen LogP contribution in [-0.4, -0.2) is 47.0 Å². The molecule has 0 aromatic carbocycles. The molecule has 0 rings (SSSR count). The molecule has 7 heteroatoms. The highest BCUT2D eigenvalue weighted by molar-refractivity contribution is 9.09. The molecule has 0 bridgehead atoms. The van der Waals surface area contributed by atoms with E-state index in [1.54, 1.807) is 0 Å². The van der Waals surface area contributed by atoms with E-state index in [2.05, 4.69) is 31.9 Å². The second kappa shape index (κ2) is 35.3. The number of aliphatic hydroxyl groups excluding tert-OH is 1. The number of esters is 2. The Morgan fingerprint density at radius 1 is 0.452 bits per heavy atom. The van der Waals surface area contributed by atoms with Gasteiger partial charge in [-0.15, -0.1) is 0 Å². The Balaban J connectivity index is 3.51. The molecule has 250 valence electrons. The number of rotatable bonds is 34. The Kier molecular flexibility index (Phi) is 35.2. The number of alkyl halides is 2. The van der Waals surface area contributed by atoms with Crippen LogP contribution in [-0.2, 0) is 19.1 Å². The second-order valence-electron chi connectivity index (χ2n) is 12.0. The first-order valence-electron chi connectivity index (χ1n) is 17.7. The van der Waals surface area contributed by atoms with Crippen LogP contribution in [0, 0.1) is 0 Å². The third-order valence-corrected chi connectivity index (χ3v) is 9.08. The van der Waals surface area contributed by atoms with Crippen molar-refractivity contribution in [1.29, 1.82) is 0 Å². The predicted molar refractivity (Wildman–Crippen MR) is 185 cm³/mol. The van der Waals surface area contributed by atoms with Crippen LogP contribution < -0.4 is 0 Å². The van der Waals surface area contributed by atoms with Gasteiger partial charge in [-0.25, -0.2) is 0 Å². The lowest BCUT2D eigenvalue weighted by molar-refractivity contribution is -0.161. The fraction of sp³-hybridized carbons (Fsp3) is 0.943. The Hall–Kier alpha value is -0.140. The average Bonchev–Trinajstić information content (AvgIpc) is 2.99. The van der Waals surface area contributed by atoms with Crippen LogP contribution >= 0.6 is 31.9 Å². The molecule has 0 radical (unpaired) electrons. The highest BCUT2D eigenvalue weighted by atomic mass is 79.9. The molecule has 5 nitrogen and oxygen atoms in total. The number of aliphatic hydroxyl groups is 1. The van der Waals surface area contributed by atoms with Crippen LogP contribution in [0.5, 0.6) is 0 Å². The van der Waals surface area contributed by atoms with Gasteiger partial charge in [0, 0.05) is 23.5 Å². The van der Waals surface area contributed by atoms with Gasteiger partial charge in [-0.2, -0.15) is 0 Å². The van der Waals surface area contributed by atoms with Gasteiger partial charge in [-0.1, -0.05) is 173 Å². The molecular formula is C35H66Br2O5. The van der Waals surface area contributed by atoms with E-state index in [1.807, 2.05) is 0 Å². The summed E-state index contributed by atoms with van der Waals surface area (Å²) in [7, 11) is 0. The van der Waals surface area contributed by atoms with Gasteiger partial charge in [0.05, 0.1) is 6.61 Å². The van der Waals surface area contributed by atoms with Crippen molar-refractivity contribution in [1.82, 2.24) is 0 Å². The average molecular weight is 727 g/mol. The molecule has 0 aliphatic heterocycles. The molecule has 0 aromatic rings. The molecule has 0 aliphatic rings. The van der Waals surface area contributed by atoms with E-state index in [-0.39, 0.29) is 25.2 Å². The van der Waals surface area contributed by atoms with Crippen molar-refractivity contribution in [3.05, 3.63) is 0 Å². The Morgan fingerprint density at radius 3 is 1.05 bits per heavy atom. The van der Waals surface area contributed by atoms with Crippen LogP contribution in [0.4, 0.5) is 0 Å². The maximum Gasteiger partial charge on any atom is 0.306 e. The van der Waals surface area contributed by atoms with Crippen LogP contribution in [0.15, 0.2) is 0 Å². The molecule has 0 spiro atoms. The van der Waals surface area contributed by atoms with E-state index in [0.29, 0.717) is 12.8 Å². The van der Waals surface area contributed by atoms with Gasteiger partial charge in [0.2, 0.25) is 0 Å². The summed E-state index contributed by atoms with van der Waals surface area (Å²) >= 11 is 6.97.